The second-order valence-corrected chi connectivity index (χ2v) is 4.87. The summed E-state index contributed by atoms with van der Waals surface area (Å²) < 4.78 is 5.55. The third-order valence-corrected chi connectivity index (χ3v) is 3.63. The van der Waals surface area contributed by atoms with Gasteiger partial charge in [0.05, 0.1) is 7.11 Å². The third kappa shape index (κ3) is 3.03. The van der Waals surface area contributed by atoms with Gasteiger partial charge in [0.1, 0.15) is 5.75 Å². The van der Waals surface area contributed by atoms with Crippen LogP contribution < -0.4 is 15.8 Å². The lowest BCUT2D eigenvalue weighted by atomic mass is 9.87. The van der Waals surface area contributed by atoms with Crippen LogP contribution in [0.25, 0.3) is 0 Å². The lowest BCUT2D eigenvalue weighted by Crippen LogP contribution is -2.31. The van der Waals surface area contributed by atoms with Gasteiger partial charge in [0.2, 0.25) is 0 Å². The van der Waals surface area contributed by atoms with Crippen molar-refractivity contribution in [2.75, 3.05) is 20.7 Å². The van der Waals surface area contributed by atoms with Crippen LogP contribution in [0.15, 0.2) is 12.1 Å². The van der Waals surface area contributed by atoms with Crippen molar-refractivity contribution in [3.05, 3.63) is 28.8 Å². The van der Waals surface area contributed by atoms with E-state index < -0.39 is 0 Å². The Labute approximate surface area is 111 Å². The van der Waals surface area contributed by atoms with Gasteiger partial charge in [0, 0.05) is 11.6 Å². The maximum absolute atomic E-state index is 5.89. The number of benzene rings is 1. The van der Waals surface area contributed by atoms with Crippen molar-refractivity contribution in [2.24, 2.45) is 11.7 Å². The molecule has 1 aromatic rings. The summed E-state index contributed by atoms with van der Waals surface area (Å²) in [5.74, 6) is 1.38. The fraction of sp³-hybridized carbons (Fsp3) is 0.600. The first kappa shape index (κ1) is 15.0. The number of hydrogen-bond donors (Lipinski definition) is 2. The molecule has 0 saturated heterocycles. The lowest BCUT2D eigenvalue weighted by molar-refractivity contribution is 0.351. The zero-order valence-corrected chi connectivity index (χ0v) is 12.2. The van der Waals surface area contributed by atoms with Crippen molar-refractivity contribution >= 4 is 0 Å². The van der Waals surface area contributed by atoms with E-state index in [1.807, 2.05) is 7.05 Å². The van der Waals surface area contributed by atoms with Crippen LogP contribution in [0.2, 0.25) is 0 Å². The molecule has 0 aliphatic heterocycles. The smallest absolute Gasteiger partial charge is 0.124 e. The Morgan fingerprint density at radius 2 is 2.00 bits per heavy atom. The number of nitrogens with one attached hydrogen (secondary N) is 1. The van der Waals surface area contributed by atoms with Crippen LogP contribution in [-0.2, 0) is 0 Å². The first-order chi connectivity index (χ1) is 8.58. The molecule has 0 aliphatic carbocycles. The SMILES string of the molecule is CCC(CN)C(NC)c1c(C)cc(C)cc1OC. The summed E-state index contributed by atoms with van der Waals surface area (Å²) in [5.41, 5.74) is 9.61. The standard InChI is InChI=1S/C15H26N2O/c1-6-12(9-16)15(17-4)14-11(3)7-10(2)8-13(14)18-5/h7-8,12,15,17H,6,9,16H2,1-5H3. The van der Waals surface area contributed by atoms with Crippen LogP contribution in [0.3, 0.4) is 0 Å². The van der Waals surface area contributed by atoms with Crippen molar-refractivity contribution < 1.29 is 4.74 Å². The predicted octanol–water partition coefficient (Wildman–Crippen LogP) is 2.56. The van der Waals surface area contributed by atoms with E-state index in [1.165, 1.54) is 16.7 Å². The minimum Gasteiger partial charge on any atom is -0.496 e. The van der Waals surface area contributed by atoms with Gasteiger partial charge in [-0.3, -0.25) is 0 Å². The van der Waals surface area contributed by atoms with E-state index >= 15 is 0 Å². The molecular formula is C15H26N2O. The molecule has 1 aromatic carbocycles. The van der Waals surface area contributed by atoms with E-state index in [4.69, 9.17) is 10.5 Å². The summed E-state index contributed by atoms with van der Waals surface area (Å²) in [5, 5.41) is 3.40. The fourth-order valence-electron chi connectivity index (χ4n) is 2.66. The molecule has 3 nitrogen and oxygen atoms in total. The number of rotatable bonds is 6. The van der Waals surface area contributed by atoms with E-state index in [-0.39, 0.29) is 6.04 Å². The summed E-state index contributed by atoms with van der Waals surface area (Å²) in [4.78, 5) is 0. The van der Waals surface area contributed by atoms with Gasteiger partial charge in [-0.1, -0.05) is 19.4 Å². The highest BCUT2D eigenvalue weighted by Crippen LogP contribution is 2.34. The van der Waals surface area contributed by atoms with E-state index in [2.05, 4.69) is 38.2 Å². The van der Waals surface area contributed by atoms with E-state index in [0.717, 1.165) is 12.2 Å². The predicted molar refractivity (Wildman–Crippen MR) is 77.1 cm³/mol. The minimum absolute atomic E-state index is 0.246. The topological polar surface area (TPSA) is 47.3 Å². The molecule has 0 saturated carbocycles. The minimum atomic E-state index is 0.246. The lowest BCUT2D eigenvalue weighted by Gasteiger charge is -2.28. The van der Waals surface area contributed by atoms with Crippen LogP contribution in [0.4, 0.5) is 0 Å². The van der Waals surface area contributed by atoms with Crippen LogP contribution in [-0.4, -0.2) is 20.7 Å². The van der Waals surface area contributed by atoms with Crippen molar-refractivity contribution in [1.29, 1.82) is 0 Å². The number of ether oxygens (including phenoxy) is 1. The summed E-state index contributed by atoms with van der Waals surface area (Å²) >= 11 is 0. The summed E-state index contributed by atoms with van der Waals surface area (Å²) in [6.07, 6.45) is 1.05. The van der Waals surface area contributed by atoms with Crippen LogP contribution in [0.1, 0.15) is 36.1 Å². The largest absolute Gasteiger partial charge is 0.496 e. The van der Waals surface area contributed by atoms with Gasteiger partial charge < -0.3 is 15.8 Å². The molecule has 0 fully saturated rings. The number of nitrogens with two attached hydrogens (primary N) is 1. The molecule has 0 aromatic heterocycles. The van der Waals surface area contributed by atoms with Crippen molar-refractivity contribution in [3.63, 3.8) is 0 Å². The Hall–Kier alpha value is -1.06. The number of methoxy groups -OCH3 is 1. The molecule has 3 N–H and O–H groups in total. The summed E-state index contributed by atoms with van der Waals surface area (Å²) in [6.45, 7) is 7.09. The second-order valence-electron chi connectivity index (χ2n) is 4.87. The van der Waals surface area contributed by atoms with Gasteiger partial charge in [-0.25, -0.2) is 0 Å². The Morgan fingerprint density at radius 1 is 1.33 bits per heavy atom. The Balaban J connectivity index is 3.27. The molecular weight excluding hydrogens is 224 g/mol. The number of hydrogen-bond acceptors (Lipinski definition) is 3. The van der Waals surface area contributed by atoms with E-state index in [1.54, 1.807) is 7.11 Å². The molecule has 102 valence electrons. The molecule has 1 rings (SSSR count). The molecule has 3 heteroatoms. The highest BCUT2D eigenvalue weighted by molar-refractivity contribution is 5.45. The zero-order valence-electron chi connectivity index (χ0n) is 12.2. The number of aryl methyl sites for hydroxylation is 2. The molecule has 0 radical (unpaired) electrons. The van der Waals surface area contributed by atoms with Crippen LogP contribution in [0.5, 0.6) is 5.75 Å². The quantitative estimate of drug-likeness (QED) is 0.815. The van der Waals surface area contributed by atoms with Gasteiger partial charge in [0.25, 0.3) is 0 Å². The average Bonchev–Trinajstić information content (AvgIpc) is 2.36. The fourth-order valence-corrected chi connectivity index (χ4v) is 2.66. The molecule has 2 unspecified atom stereocenters. The highest BCUT2D eigenvalue weighted by Gasteiger charge is 2.24. The maximum Gasteiger partial charge on any atom is 0.124 e. The van der Waals surface area contributed by atoms with E-state index in [0.29, 0.717) is 12.5 Å². The molecule has 0 aliphatic rings. The highest BCUT2D eigenvalue weighted by atomic mass is 16.5. The van der Waals surface area contributed by atoms with Crippen molar-refractivity contribution in [2.45, 2.75) is 33.2 Å². The summed E-state index contributed by atoms with van der Waals surface area (Å²) in [6, 6.07) is 4.54. The van der Waals surface area contributed by atoms with Gasteiger partial charge in [-0.15, -0.1) is 0 Å². The normalized spacial score (nSPS) is 14.3. The second kappa shape index (κ2) is 6.76. The molecule has 0 bridgehead atoms. The van der Waals surface area contributed by atoms with Crippen LogP contribution in [0, 0.1) is 19.8 Å². The van der Waals surface area contributed by atoms with Gasteiger partial charge in [-0.05, 0) is 50.6 Å². The van der Waals surface area contributed by atoms with Gasteiger partial charge in [-0.2, -0.15) is 0 Å². The average molecular weight is 250 g/mol. The first-order valence-electron chi connectivity index (χ1n) is 6.61. The molecule has 2 atom stereocenters. The Bertz CT molecular complexity index is 386. The Kier molecular flexibility index (Phi) is 5.63. The Morgan fingerprint density at radius 3 is 2.44 bits per heavy atom. The molecule has 18 heavy (non-hydrogen) atoms. The zero-order chi connectivity index (χ0) is 13.7. The van der Waals surface area contributed by atoms with E-state index in [9.17, 15) is 0 Å². The maximum atomic E-state index is 5.89. The monoisotopic (exact) mass is 250 g/mol. The van der Waals surface area contributed by atoms with Crippen molar-refractivity contribution in [1.82, 2.24) is 5.32 Å². The molecule has 0 amide bonds. The van der Waals surface area contributed by atoms with Gasteiger partial charge in [0.15, 0.2) is 0 Å². The first-order valence-corrected chi connectivity index (χ1v) is 6.61. The molecule has 0 heterocycles. The van der Waals surface area contributed by atoms with Crippen molar-refractivity contribution in [3.8, 4) is 5.75 Å². The third-order valence-electron chi connectivity index (χ3n) is 3.63. The van der Waals surface area contributed by atoms with Gasteiger partial charge >= 0.3 is 0 Å². The molecule has 0 spiro atoms. The summed E-state index contributed by atoms with van der Waals surface area (Å²) in [7, 11) is 3.72. The van der Waals surface area contributed by atoms with Crippen LogP contribution >= 0.6 is 0 Å².